The first kappa shape index (κ1) is 21.6. The fourth-order valence-electron chi connectivity index (χ4n) is 2.57. The summed E-state index contributed by atoms with van der Waals surface area (Å²) >= 11 is 12.9. The first-order chi connectivity index (χ1) is 13.9. The Morgan fingerprint density at radius 2 is 1.97 bits per heavy atom. The van der Waals surface area contributed by atoms with Gasteiger partial charge in [-0.15, -0.1) is 0 Å². The summed E-state index contributed by atoms with van der Waals surface area (Å²) in [7, 11) is 1.53. The van der Waals surface area contributed by atoms with E-state index in [4.69, 9.17) is 27.9 Å². The maximum Gasteiger partial charge on any atom is 0.262 e. The number of amides is 1. The van der Waals surface area contributed by atoms with Gasteiger partial charge in [0.25, 0.3) is 5.56 Å². The second-order valence-electron chi connectivity index (χ2n) is 5.97. The summed E-state index contributed by atoms with van der Waals surface area (Å²) in [6.07, 6.45) is 0. The summed E-state index contributed by atoms with van der Waals surface area (Å²) < 4.78 is 20.3. The molecule has 0 radical (unpaired) electrons. The van der Waals surface area contributed by atoms with Crippen molar-refractivity contribution >= 4 is 57.5 Å². The molecule has 1 aromatic heterocycles. The van der Waals surface area contributed by atoms with Crippen LogP contribution < -0.4 is 10.9 Å². The van der Waals surface area contributed by atoms with Crippen LogP contribution in [0.2, 0.25) is 10.0 Å². The molecular weight excluding hydrogens is 440 g/mol. The van der Waals surface area contributed by atoms with Gasteiger partial charge >= 0.3 is 0 Å². The van der Waals surface area contributed by atoms with Crippen molar-refractivity contribution in [1.82, 2.24) is 9.55 Å². The third kappa shape index (κ3) is 5.27. The zero-order chi connectivity index (χ0) is 21.0. The van der Waals surface area contributed by atoms with Gasteiger partial charge in [0.05, 0.1) is 35.5 Å². The van der Waals surface area contributed by atoms with Crippen molar-refractivity contribution in [3.8, 4) is 0 Å². The number of hydrogen-bond acceptors (Lipinski definition) is 5. The number of thioether (sulfide) groups is 1. The first-order valence-corrected chi connectivity index (χ1v) is 10.2. The Hall–Kier alpha value is -2.13. The lowest BCUT2D eigenvalue weighted by atomic mass is 10.2. The van der Waals surface area contributed by atoms with Gasteiger partial charge in [0.1, 0.15) is 5.82 Å². The molecule has 0 saturated carbocycles. The number of carbonyl (C=O) groups is 1. The number of ether oxygens (including phenoxy) is 1. The molecule has 152 valence electrons. The van der Waals surface area contributed by atoms with Crippen molar-refractivity contribution < 1.29 is 13.9 Å². The van der Waals surface area contributed by atoms with Crippen LogP contribution in [0, 0.1) is 5.82 Å². The molecule has 0 aliphatic heterocycles. The maximum absolute atomic E-state index is 13.8. The Morgan fingerprint density at radius 1 is 1.24 bits per heavy atom. The highest BCUT2D eigenvalue weighted by atomic mass is 35.5. The highest BCUT2D eigenvalue weighted by Crippen LogP contribution is 2.22. The summed E-state index contributed by atoms with van der Waals surface area (Å²) in [5, 5.41) is 3.97. The SMILES string of the molecule is COCCn1c(SCC(=O)Nc2cc(Cl)ccc2F)nc2cc(Cl)ccc2c1=O. The van der Waals surface area contributed by atoms with Crippen LogP contribution in [-0.4, -0.2) is 34.9 Å². The van der Waals surface area contributed by atoms with Crippen LogP contribution in [0.4, 0.5) is 10.1 Å². The monoisotopic (exact) mass is 455 g/mol. The molecule has 1 N–H and O–H groups in total. The Morgan fingerprint density at radius 3 is 2.72 bits per heavy atom. The number of rotatable bonds is 7. The molecule has 1 amide bonds. The normalized spacial score (nSPS) is 11.0. The summed E-state index contributed by atoms with van der Waals surface area (Å²) in [5.74, 6) is -1.14. The van der Waals surface area contributed by atoms with E-state index in [-0.39, 0.29) is 23.5 Å². The molecule has 0 aliphatic carbocycles. The molecule has 0 spiro atoms. The molecule has 0 saturated heterocycles. The fraction of sp³-hybridized carbons (Fsp3) is 0.211. The average molecular weight is 456 g/mol. The molecule has 3 aromatic rings. The Labute approximate surface area is 180 Å². The van der Waals surface area contributed by atoms with Gasteiger partial charge in [-0.3, -0.25) is 14.2 Å². The van der Waals surface area contributed by atoms with Crippen molar-refractivity contribution in [2.24, 2.45) is 0 Å². The van der Waals surface area contributed by atoms with E-state index in [1.165, 1.54) is 29.9 Å². The van der Waals surface area contributed by atoms with Crippen LogP contribution in [0.5, 0.6) is 0 Å². The quantitative estimate of drug-likeness (QED) is 0.426. The molecule has 10 heteroatoms. The number of fused-ring (bicyclic) bond motifs is 1. The molecule has 1 heterocycles. The van der Waals surface area contributed by atoms with Crippen molar-refractivity contribution in [3.63, 3.8) is 0 Å². The average Bonchev–Trinajstić information content (AvgIpc) is 2.68. The van der Waals surface area contributed by atoms with Crippen LogP contribution >= 0.6 is 35.0 Å². The molecule has 0 bridgehead atoms. The largest absolute Gasteiger partial charge is 0.383 e. The van der Waals surface area contributed by atoms with Gasteiger partial charge in [0, 0.05) is 17.2 Å². The van der Waals surface area contributed by atoms with Gasteiger partial charge in [-0.1, -0.05) is 35.0 Å². The third-order valence-corrected chi connectivity index (χ3v) is 5.38. The smallest absolute Gasteiger partial charge is 0.262 e. The van der Waals surface area contributed by atoms with Gasteiger partial charge in [-0.2, -0.15) is 0 Å². The number of halogens is 3. The van der Waals surface area contributed by atoms with E-state index in [9.17, 15) is 14.0 Å². The molecule has 0 atom stereocenters. The summed E-state index contributed by atoms with van der Waals surface area (Å²) in [4.78, 5) is 29.6. The van der Waals surface area contributed by atoms with E-state index in [1.807, 2.05) is 0 Å². The van der Waals surface area contributed by atoms with Gasteiger partial charge < -0.3 is 10.1 Å². The van der Waals surface area contributed by atoms with Gasteiger partial charge in [-0.05, 0) is 36.4 Å². The van der Waals surface area contributed by atoms with E-state index >= 15 is 0 Å². The number of benzene rings is 2. The number of aromatic nitrogens is 2. The molecule has 6 nitrogen and oxygen atoms in total. The second-order valence-corrected chi connectivity index (χ2v) is 7.78. The van der Waals surface area contributed by atoms with Crippen LogP contribution in [-0.2, 0) is 16.1 Å². The highest BCUT2D eigenvalue weighted by molar-refractivity contribution is 7.99. The Kier molecular flexibility index (Phi) is 7.13. The molecule has 0 fully saturated rings. The van der Waals surface area contributed by atoms with E-state index in [1.54, 1.807) is 18.2 Å². The molecule has 0 aliphatic rings. The summed E-state index contributed by atoms with van der Waals surface area (Å²) in [5.41, 5.74) is 0.158. The molecular formula is C19H16Cl2FN3O3S. The van der Waals surface area contributed by atoms with Crippen molar-refractivity contribution in [2.45, 2.75) is 11.7 Å². The van der Waals surface area contributed by atoms with E-state index in [0.717, 1.165) is 11.8 Å². The van der Waals surface area contributed by atoms with Gasteiger partial charge in [0.2, 0.25) is 5.91 Å². The van der Waals surface area contributed by atoms with Crippen LogP contribution in [0.25, 0.3) is 10.9 Å². The lowest BCUT2D eigenvalue weighted by Crippen LogP contribution is -2.26. The highest BCUT2D eigenvalue weighted by Gasteiger charge is 2.15. The molecule has 29 heavy (non-hydrogen) atoms. The van der Waals surface area contributed by atoms with E-state index in [0.29, 0.717) is 32.7 Å². The minimum absolute atomic E-state index is 0.0156. The zero-order valence-electron chi connectivity index (χ0n) is 15.2. The molecule has 3 rings (SSSR count). The third-order valence-electron chi connectivity index (χ3n) is 3.94. The maximum atomic E-state index is 13.8. The van der Waals surface area contributed by atoms with Gasteiger partial charge in [-0.25, -0.2) is 9.37 Å². The molecule has 2 aromatic carbocycles. The van der Waals surface area contributed by atoms with Gasteiger partial charge in [0.15, 0.2) is 5.16 Å². The zero-order valence-corrected chi connectivity index (χ0v) is 17.6. The van der Waals surface area contributed by atoms with Crippen molar-refractivity contribution in [3.05, 3.63) is 62.6 Å². The van der Waals surface area contributed by atoms with Crippen molar-refractivity contribution in [1.29, 1.82) is 0 Å². The number of nitrogens with one attached hydrogen (secondary N) is 1. The van der Waals surface area contributed by atoms with Crippen LogP contribution in [0.15, 0.2) is 46.3 Å². The number of nitrogens with zero attached hydrogens (tertiary/aromatic N) is 2. The van der Waals surface area contributed by atoms with E-state index in [2.05, 4.69) is 10.3 Å². The summed E-state index contributed by atoms with van der Waals surface area (Å²) in [6.45, 7) is 0.571. The Balaban J connectivity index is 1.85. The predicted molar refractivity (Wildman–Crippen MR) is 114 cm³/mol. The standard InChI is InChI=1S/C19H16Cl2FN3O3S/c1-28-7-6-25-18(27)13-4-2-11(20)8-15(13)24-19(25)29-10-17(26)23-16-9-12(21)3-5-14(16)22/h2-5,8-9H,6-7,10H2,1H3,(H,23,26). The first-order valence-electron chi connectivity index (χ1n) is 8.46. The minimum atomic E-state index is -0.594. The summed E-state index contributed by atoms with van der Waals surface area (Å²) in [6, 6.07) is 8.70. The second kappa shape index (κ2) is 9.58. The van der Waals surface area contributed by atoms with Crippen LogP contribution in [0.1, 0.15) is 0 Å². The topological polar surface area (TPSA) is 73.2 Å². The Bertz CT molecular complexity index is 1120. The lowest BCUT2D eigenvalue weighted by Gasteiger charge is -2.13. The minimum Gasteiger partial charge on any atom is -0.383 e. The fourth-order valence-corrected chi connectivity index (χ4v) is 3.74. The predicted octanol–water partition coefficient (Wildman–Crippen LogP) is 4.22. The number of carbonyl (C=O) groups excluding carboxylic acids is 1. The number of anilines is 1. The van der Waals surface area contributed by atoms with E-state index < -0.39 is 11.7 Å². The van der Waals surface area contributed by atoms with Crippen molar-refractivity contribution in [2.75, 3.05) is 24.8 Å². The molecule has 0 unspecified atom stereocenters. The van der Waals surface area contributed by atoms with Crippen LogP contribution in [0.3, 0.4) is 0 Å². The number of hydrogen-bond donors (Lipinski definition) is 1. The lowest BCUT2D eigenvalue weighted by molar-refractivity contribution is -0.113. The number of methoxy groups -OCH3 is 1.